The molecule has 0 radical (unpaired) electrons. The van der Waals surface area contributed by atoms with E-state index in [-0.39, 0.29) is 5.91 Å². The molecule has 0 aliphatic carbocycles. The van der Waals surface area contributed by atoms with Crippen LogP contribution in [-0.4, -0.2) is 62.9 Å². The number of hydrogen-bond donors (Lipinski definition) is 1. The summed E-state index contributed by atoms with van der Waals surface area (Å²) in [5, 5.41) is 2.65. The van der Waals surface area contributed by atoms with Gasteiger partial charge in [-0.15, -0.1) is 0 Å². The molecule has 6 heteroatoms. The Balaban J connectivity index is 2.74. The summed E-state index contributed by atoms with van der Waals surface area (Å²) in [5.41, 5.74) is 3.78. The average Bonchev–Trinajstić information content (AvgIpc) is 2.81. The lowest BCUT2D eigenvalue weighted by Gasteiger charge is -2.24. The van der Waals surface area contributed by atoms with Gasteiger partial charge in [0.25, 0.3) is 0 Å². The Morgan fingerprint density at radius 3 is 2.61 bits per heavy atom. The number of aldehydes is 1. The van der Waals surface area contributed by atoms with E-state index >= 15 is 0 Å². The molecule has 180 valence electrons. The zero-order valence-electron chi connectivity index (χ0n) is 20.5. The van der Waals surface area contributed by atoms with E-state index in [1.165, 1.54) is 0 Å². The number of allylic oxidation sites excluding steroid dienone is 5. The van der Waals surface area contributed by atoms with Crippen molar-refractivity contribution in [2.75, 3.05) is 40.9 Å². The van der Waals surface area contributed by atoms with Crippen molar-refractivity contribution in [3.8, 4) is 0 Å². The van der Waals surface area contributed by atoms with Crippen molar-refractivity contribution in [2.45, 2.75) is 32.7 Å². The third-order valence-electron chi connectivity index (χ3n) is 5.03. The van der Waals surface area contributed by atoms with Crippen LogP contribution in [0.4, 0.5) is 0 Å². The van der Waals surface area contributed by atoms with Crippen molar-refractivity contribution >= 4 is 12.2 Å². The van der Waals surface area contributed by atoms with Crippen LogP contribution in [0.3, 0.4) is 0 Å². The van der Waals surface area contributed by atoms with Crippen molar-refractivity contribution in [1.82, 2.24) is 15.1 Å². The number of likely N-dealkylation sites (N-methyl/N-ethyl adjacent to an activating group) is 1. The highest BCUT2D eigenvalue weighted by Crippen LogP contribution is 2.11. The van der Waals surface area contributed by atoms with Crippen LogP contribution in [0.5, 0.6) is 0 Å². The van der Waals surface area contributed by atoms with Gasteiger partial charge in [-0.05, 0) is 47.9 Å². The van der Waals surface area contributed by atoms with Crippen LogP contribution in [0.15, 0.2) is 72.6 Å². The number of benzene rings is 1. The maximum Gasteiger partial charge on any atom is 0.224 e. The summed E-state index contributed by atoms with van der Waals surface area (Å²) in [6.45, 7) is 9.08. The average molecular weight is 454 g/mol. The van der Waals surface area contributed by atoms with Gasteiger partial charge in [0.05, 0.1) is 13.0 Å². The summed E-state index contributed by atoms with van der Waals surface area (Å²) in [6, 6.07) is 8.01. The number of carbonyl (C=O) groups is 2. The second-order valence-electron chi connectivity index (χ2n) is 7.81. The summed E-state index contributed by atoms with van der Waals surface area (Å²) >= 11 is 0. The van der Waals surface area contributed by atoms with Crippen molar-refractivity contribution in [1.29, 1.82) is 0 Å². The molecule has 1 N–H and O–H groups in total. The van der Waals surface area contributed by atoms with Gasteiger partial charge in [-0.1, -0.05) is 49.9 Å². The third-order valence-corrected chi connectivity index (χ3v) is 5.03. The molecule has 33 heavy (non-hydrogen) atoms. The van der Waals surface area contributed by atoms with Gasteiger partial charge in [-0.3, -0.25) is 9.59 Å². The minimum Gasteiger partial charge on any atom is -0.383 e. The molecule has 0 spiro atoms. The van der Waals surface area contributed by atoms with Crippen molar-refractivity contribution in [3.05, 3.63) is 83.7 Å². The molecule has 0 aliphatic rings. The van der Waals surface area contributed by atoms with E-state index in [4.69, 9.17) is 4.74 Å². The quantitative estimate of drug-likeness (QED) is 0.234. The van der Waals surface area contributed by atoms with E-state index in [2.05, 4.69) is 28.6 Å². The Kier molecular flexibility index (Phi) is 14.0. The van der Waals surface area contributed by atoms with Gasteiger partial charge in [0.2, 0.25) is 5.91 Å². The monoisotopic (exact) mass is 453 g/mol. The van der Waals surface area contributed by atoms with E-state index in [1.54, 1.807) is 14.2 Å². The second-order valence-corrected chi connectivity index (χ2v) is 7.81. The fraction of sp³-hybridized carbons (Fsp3) is 0.407. The van der Waals surface area contributed by atoms with Gasteiger partial charge in [0.1, 0.15) is 6.29 Å². The lowest BCUT2D eigenvalue weighted by molar-refractivity contribution is -0.120. The molecule has 0 fully saturated rings. The first kappa shape index (κ1) is 27.9. The number of rotatable bonds is 16. The minimum atomic E-state index is -0.00115. The summed E-state index contributed by atoms with van der Waals surface area (Å²) in [6.07, 6.45) is 12.4. The third kappa shape index (κ3) is 11.3. The highest BCUT2D eigenvalue weighted by molar-refractivity contribution is 5.78. The maximum absolute atomic E-state index is 11.6. The van der Waals surface area contributed by atoms with E-state index < -0.39 is 0 Å². The fourth-order valence-corrected chi connectivity index (χ4v) is 3.31. The van der Waals surface area contributed by atoms with Crippen LogP contribution in [0.2, 0.25) is 0 Å². The number of methoxy groups -OCH3 is 1. The number of nitrogens with one attached hydrogen (secondary N) is 1. The van der Waals surface area contributed by atoms with Crippen molar-refractivity contribution in [3.63, 3.8) is 0 Å². The Hall–Kier alpha value is -3.12. The number of ether oxygens (including phenoxy) is 1. The van der Waals surface area contributed by atoms with Gasteiger partial charge in [-0.2, -0.15) is 0 Å². The van der Waals surface area contributed by atoms with Crippen LogP contribution < -0.4 is 5.32 Å². The van der Waals surface area contributed by atoms with E-state index in [0.29, 0.717) is 31.6 Å². The molecule has 0 saturated heterocycles. The fourth-order valence-electron chi connectivity index (χ4n) is 3.31. The smallest absolute Gasteiger partial charge is 0.224 e. The number of carbonyl (C=O) groups excluding carboxylic acids is 2. The normalized spacial score (nSPS) is 12.0. The Morgan fingerprint density at radius 2 is 1.97 bits per heavy atom. The first-order valence-corrected chi connectivity index (χ1v) is 11.3. The molecule has 0 heterocycles. The van der Waals surface area contributed by atoms with Gasteiger partial charge in [-0.25, -0.2) is 0 Å². The number of amides is 1. The van der Waals surface area contributed by atoms with E-state index in [9.17, 15) is 9.59 Å². The topological polar surface area (TPSA) is 61.9 Å². The zero-order chi connectivity index (χ0) is 24.5. The first-order valence-electron chi connectivity index (χ1n) is 11.3. The Morgan fingerprint density at radius 1 is 1.21 bits per heavy atom. The van der Waals surface area contributed by atoms with Crippen LogP contribution in [0.25, 0.3) is 0 Å². The molecule has 1 aromatic rings. The van der Waals surface area contributed by atoms with Gasteiger partial charge in [0, 0.05) is 46.5 Å². The summed E-state index contributed by atoms with van der Waals surface area (Å²) < 4.78 is 5.20. The standard InChI is InChI=1S/C27H39N3O3/c1-6-15-30(17-18-33-5)26(7-2)14-13-23(22-31)12-9-16-29(4)21-25-11-8-10-24(19-25)20-27(32)28-3/h7-11,13-14,16,19,22H,2,6,12,15,17-18,20-21H2,1,3-5H3,(H,28,32)/b16-9-,23-13+,26-14+. The molecule has 0 atom stereocenters. The maximum atomic E-state index is 11.6. The van der Waals surface area contributed by atoms with Crippen LogP contribution >= 0.6 is 0 Å². The highest BCUT2D eigenvalue weighted by Gasteiger charge is 2.05. The van der Waals surface area contributed by atoms with Crippen LogP contribution in [0, 0.1) is 0 Å². The lowest BCUT2D eigenvalue weighted by atomic mass is 10.1. The molecule has 1 amide bonds. The highest BCUT2D eigenvalue weighted by atomic mass is 16.5. The van der Waals surface area contributed by atoms with Gasteiger partial charge in [0.15, 0.2) is 0 Å². The summed E-state index contributed by atoms with van der Waals surface area (Å²) in [5.74, 6) is -0.00115. The zero-order valence-corrected chi connectivity index (χ0v) is 20.5. The van der Waals surface area contributed by atoms with Crippen LogP contribution in [0.1, 0.15) is 30.9 Å². The SMILES string of the molecule is C=C/C(=C\C=C(\C=O)C/C=C\N(C)Cc1cccc(CC(=O)NC)c1)N(CCC)CCOC. The molecular weight excluding hydrogens is 414 g/mol. The Labute approximate surface area is 199 Å². The first-order chi connectivity index (χ1) is 16.0. The minimum absolute atomic E-state index is 0.00115. The molecule has 1 aromatic carbocycles. The van der Waals surface area contributed by atoms with Crippen molar-refractivity contribution < 1.29 is 14.3 Å². The Bertz CT molecular complexity index is 843. The molecule has 0 bridgehead atoms. The molecule has 0 unspecified atom stereocenters. The molecular formula is C27H39N3O3. The molecule has 0 aliphatic heterocycles. The molecule has 6 nitrogen and oxygen atoms in total. The van der Waals surface area contributed by atoms with E-state index in [0.717, 1.165) is 42.6 Å². The predicted molar refractivity (Wildman–Crippen MR) is 136 cm³/mol. The van der Waals surface area contributed by atoms with Crippen LogP contribution in [-0.2, 0) is 27.3 Å². The van der Waals surface area contributed by atoms with Gasteiger partial charge >= 0.3 is 0 Å². The summed E-state index contributed by atoms with van der Waals surface area (Å²) in [4.78, 5) is 27.4. The van der Waals surface area contributed by atoms with Gasteiger partial charge < -0.3 is 19.9 Å². The molecule has 1 rings (SSSR count). The predicted octanol–water partition coefficient (Wildman–Crippen LogP) is 3.86. The number of nitrogens with zero attached hydrogens (tertiary/aromatic N) is 2. The largest absolute Gasteiger partial charge is 0.383 e. The second kappa shape index (κ2) is 16.5. The lowest BCUT2D eigenvalue weighted by Crippen LogP contribution is -2.26. The van der Waals surface area contributed by atoms with Crippen molar-refractivity contribution in [2.24, 2.45) is 0 Å². The number of hydrogen-bond acceptors (Lipinski definition) is 5. The summed E-state index contributed by atoms with van der Waals surface area (Å²) in [7, 11) is 5.32. The molecule has 0 saturated carbocycles. The molecule has 0 aromatic heterocycles. The van der Waals surface area contributed by atoms with E-state index in [1.807, 2.05) is 61.8 Å².